The van der Waals surface area contributed by atoms with E-state index in [1.54, 1.807) is 30.3 Å². The summed E-state index contributed by atoms with van der Waals surface area (Å²) in [7, 11) is -7.78. The summed E-state index contributed by atoms with van der Waals surface area (Å²) in [6.07, 6.45) is 0. The molecule has 32 heavy (non-hydrogen) atoms. The third-order valence-corrected chi connectivity index (χ3v) is 8.81. The zero-order valence-corrected chi connectivity index (χ0v) is 19.7. The molecular weight excluding hydrogens is 442 g/mol. The quantitative estimate of drug-likeness (QED) is 0.416. The van der Waals surface area contributed by atoms with Gasteiger partial charge in [-0.25, -0.2) is 16.8 Å². The average Bonchev–Trinajstić information content (AvgIpc) is 2.73. The van der Waals surface area contributed by atoms with Crippen LogP contribution in [-0.2, 0) is 25.4 Å². The van der Waals surface area contributed by atoms with E-state index < -0.39 is 25.4 Å². The van der Waals surface area contributed by atoms with Gasteiger partial charge in [0.2, 0.25) is 9.84 Å². The summed E-state index contributed by atoms with van der Waals surface area (Å²) < 4.78 is 53.3. The summed E-state index contributed by atoms with van der Waals surface area (Å²) in [5, 5.41) is 0.637. The molecule has 0 fully saturated rings. The van der Waals surface area contributed by atoms with E-state index in [-0.39, 0.29) is 20.4 Å². The van der Waals surface area contributed by atoms with Crippen LogP contribution in [0.4, 0.5) is 0 Å². The Labute approximate surface area is 188 Å². The monoisotopic (exact) mass is 465 g/mol. The zero-order valence-electron chi connectivity index (χ0n) is 18.0. The lowest BCUT2D eigenvalue weighted by molar-refractivity contribution is 0.591. The summed E-state index contributed by atoms with van der Waals surface area (Å²) in [4.78, 5) is 4.66. The SMILES string of the molecule is Cc1ccc(S(=O)(=O)Cc2nc3cc(C)ccc3cc2S(=O)(=O)c2ccc(C)cc2)cc1. The summed E-state index contributed by atoms with van der Waals surface area (Å²) in [5.41, 5.74) is 3.39. The number of benzene rings is 3. The van der Waals surface area contributed by atoms with Crippen molar-refractivity contribution >= 4 is 30.6 Å². The van der Waals surface area contributed by atoms with Gasteiger partial charge in [0, 0.05) is 5.39 Å². The number of nitrogens with zero attached hydrogens (tertiary/aromatic N) is 1. The fourth-order valence-corrected chi connectivity index (χ4v) is 6.33. The molecule has 1 aromatic heterocycles. The lowest BCUT2D eigenvalue weighted by Gasteiger charge is -2.13. The minimum atomic E-state index is -3.98. The van der Waals surface area contributed by atoms with Crippen LogP contribution in [0.25, 0.3) is 10.9 Å². The van der Waals surface area contributed by atoms with Gasteiger partial charge in [-0.05, 0) is 62.7 Å². The molecule has 0 aliphatic rings. The highest BCUT2D eigenvalue weighted by atomic mass is 32.2. The molecule has 0 bridgehead atoms. The Balaban J connectivity index is 1.92. The van der Waals surface area contributed by atoms with Crippen LogP contribution < -0.4 is 0 Å². The molecule has 0 spiro atoms. The maximum atomic E-state index is 13.5. The van der Waals surface area contributed by atoms with Gasteiger partial charge in [-0.1, -0.05) is 47.5 Å². The van der Waals surface area contributed by atoms with E-state index in [9.17, 15) is 16.8 Å². The number of hydrogen-bond acceptors (Lipinski definition) is 5. The van der Waals surface area contributed by atoms with Crippen LogP contribution in [0, 0.1) is 20.8 Å². The molecule has 164 valence electrons. The van der Waals surface area contributed by atoms with E-state index in [1.807, 2.05) is 32.9 Å². The normalized spacial score (nSPS) is 12.2. The van der Waals surface area contributed by atoms with Crippen LogP contribution in [0.15, 0.2) is 87.5 Å². The highest BCUT2D eigenvalue weighted by Gasteiger charge is 2.27. The molecular formula is C25H23NO4S2. The third kappa shape index (κ3) is 4.31. The maximum absolute atomic E-state index is 13.5. The van der Waals surface area contributed by atoms with Crippen LogP contribution in [0.2, 0.25) is 0 Å². The first kappa shape index (κ1) is 22.2. The van der Waals surface area contributed by atoms with E-state index in [0.29, 0.717) is 10.9 Å². The molecule has 0 aliphatic heterocycles. The van der Waals surface area contributed by atoms with Crippen molar-refractivity contribution in [1.29, 1.82) is 0 Å². The fourth-order valence-electron chi connectivity index (χ4n) is 3.49. The molecule has 4 aromatic rings. The number of aromatic nitrogens is 1. The smallest absolute Gasteiger partial charge is 0.208 e. The second kappa shape index (κ2) is 8.15. The zero-order chi connectivity index (χ0) is 23.1. The Hall–Kier alpha value is -3.03. The molecule has 3 aromatic carbocycles. The Morgan fingerprint density at radius 2 is 1.19 bits per heavy atom. The Morgan fingerprint density at radius 3 is 1.78 bits per heavy atom. The van der Waals surface area contributed by atoms with E-state index in [2.05, 4.69) is 4.98 Å². The van der Waals surface area contributed by atoms with Crippen LogP contribution in [0.1, 0.15) is 22.4 Å². The maximum Gasteiger partial charge on any atom is 0.208 e. The van der Waals surface area contributed by atoms with Gasteiger partial charge < -0.3 is 0 Å². The average molecular weight is 466 g/mol. The summed E-state index contributed by atoms with van der Waals surface area (Å²) in [6, 6.07) is 20.0. The Bertz CT molecular complexity index is 1520. The molecule has 0 radical (unpaired) electrons. The Kier molecular flexibility index (Phi) is 5.65. The molecule has 0 N–H and O–H groups in total. The van der Waals surface area contributed by atoms with Crippen molar-refractivity contribution in [2.24, 2.45) is 0 Å². The number of aryl methyl sites for hydroxylation is 3. The lowest BCUT2D eigenvalue weighted by Crippen LogP contribution is -2.13. The topological polar surface area (TPSA) is 81.2 Å². The standard InChI is InChI=1S/C25H23NO4S2/c1-17-5-10-21(11-6-17)31(27,28)16-24-25(15-20-9-4-19(3)14-23(20)26-24)32(29,30)22-12-7-18(2)8-13-22/h4-15H,16H2,1-3H3. The minimum Gasteiger partial charge on any atom is -0.250 e. The molecule has 0 unspecified atom stereocenters. The highest BCUT2D eigenvalue weighted by Crippen LogP contribution is 2.30. The van der Waals surface area contributed by atoms with Crippen molar-refractivity contribution in [3.63, 3.8) is 0 Å². The number of rotatable bonds is 5. The largest absolute Gasteiger partial charge is 0.250 e. The molecule has 0 amide bonds. The molecule has 0 saturated heterocycles. The molecule has 0 atom stereocenters. The predicted octanol–water partition coefficient (Wildman–Crippen LogP) is 4.97. The van der Waals surface area contributed by atoms with Gasteiger partial charge in [0.25, 0.3) is 0 Å². The second-order valence-electron chi connectivity index (χ2n) is 8.02. The van der Waals surface area contributed by atoms with Crippen molar-refractivity contribution in [2.45, 2.75) is 41.2 Å². The van der Waals surface area contributed by atoms with Crippen LogP contribution in [0.5, 0.6) is 0 Å². The first-order valence-corrected chi connectivity index (χ1v) is 13.2. The van der Waals surface area contributed by atoms with Gasteiger partial charge in [-0.3, -0.25) is 4.98 Å². The number of fused-ring (bicyclic) bond motifs is 1. The molecule has 0 aliphatic carbocycles. The molecule has 0 saturated carbocycles. The van der Waals surface area contributed by atoms with Gasteiger partial charge in [-0.2, -0.15) is 0 Å². The molecule has 1 heterocycles. The van der Waals surface area contributed by atoms with Gasteiger partial charge in [-0.15, -0.1) is 0 Å². The third-order valence-electron chi connectivity index (χ3n) is 5.34. The van der Waals surface area contributed by atoms with Crippen LogP contribution in [-0.4, -0.2) is 21.8 Å². The Morgan fingerprint density at radius 1 is 0.656 bits per heavy atom. The molecule has 5 nitrogen and oxygen atoms in total. The minimum absolute atomic E-state index is 0.0178. The van der Waals surface area contributed by atoms with Crippen LogP contribution in [0.3, 0.4) is 0 Å². The fraction of sp³-hybridized carbons (Fsp3) is 0.160. The van der Waals surface area contributed by atoms with E-state index in [0.717, 1.165) is 16.7 Å². The van der Waals surface area contributed by atoms with Crippen molar-refractivity contribution in [3.8, 4) is 0 Å². The van der Waals surface area contributed by atoms with Gasteiger partial charge in [0.05, 0.1) is 31.6 Å². The predicted molar refractivity (Wildman–Crippen MR) is 125 cm³/mol. The van der Waals surface area contributed by atoms with Crippen molar-refractivity contribution < 1.29 is 16.8 Å². The number of pyridine rings is 1. The first-order chi connectivity index (χ1) is 15.1. The van der Waals surface area contributed by atoms with Crippen molar-refractivity contribution in [2.75, 3.05) is 0 Å². The summed E-state index contributed by atoms with van der Waals surface area (Å²) in [6.45, 7) is 5.65. The highest BCUT2D eigenvalue weighted by molar-refractivity contribution is 7.92. The summed E-state index contributed by atoms with van der Waals surface area (Å²) in [5.74, 6) is -0.514. The van der Waals surface area contributed by atoms with Crippen molar-refractivity contribution in [3.05, 3.63) is 95.2 Å². The number of hydrogen-bond donors (Lipinski definition) is 0. The second-order valence-corrected chi connectivity index (χ2v) is 11.9. The van der Waals surface area contributed by atoms with Gasteiger partial charge >= 0.3 is 0 Å². The molecule has 7 heteroatoms. The van der Waals surface area contributed by atoms with Crippen molar-refractivity contribution in [1.82, 2.24) is 4.98 Å². The number of sulfone groups is 2. The molecule has 4 rings (SSSR count). The summed E-state index contributed by atoms with van der Waals surface area (Å²) >= 11 is 0. The van der Waals surface area contributed by atoms with E-state index in [4.69, 9.17) is 0 Å². The van der Waals surface area contributed by atoms with Crippen LogP contribution >= 0.6 is 0 Å². The first-order valence-electron chi connectivity index (χ1n) is 10.1. The van der Waals surface area contributed by atoms with Gasteiger partial charge in [0.15, 0.2) is 9.84 Å². The van der Waals surface area contributed by atoms with E-state index >= 15 is 0 Å². The lowest BCUT2D eigenvalue weighted by atomic mass is 10.1. The van der Waals surface area contributed by atoms with E-state index in [1.165, 1.54) is 30.3 Å². The van der Waals surface area contributed by atoms with Gasteiger partial charge in [0.1, 0.15) is 0 Å².